The zero-order valence-electron chi connectivity index (χ0n) is 9.46. The summed E-state index contributed by atoms with van der Waals surface area (Å²) < 4.78 is 0. The molecule has 0 atom stereocenters. The molecular formula is C11H12N4O2S. The molecule has 0 aliphatic heterocycles. The van der Waals surface area contributed by atoms with E-state index in [1.165, 1.54) is 11.3 Å². The molecule has 7 heteroatoms. The van der Waals surface area contributed by atoms with Gasteiger partial charge in [0.1, 0.15) is 5.00 Å². The molecule has 0 spiro atoms. The number of aliphatic hydroxyl groups excluding tert-OH is 1. The first-order valence-electron chi connectivity index (χ1n) is 5.31. The summed E-state index contributed by atoms with van der Waals surface area (Å²) in [6, 6.07) is 3.27. The van der Waals surface area contributed by atoms with Gasteiger partial charge in [0.05, 0.1) is 12.8 Å². The van der Waals surface area contributed by atoms with Crippen LogP contribution in [0.15, 0.2) is 30.7 Å². The number of amides is 1. The van der Waals surface area contributed by atoms with Gasteiger partial charge in [-0.3, -0.25) is 15.1 Å². The average Bonchev–Trinajstić information content (AvgIpc) is 2.85. The van der Waals surface area contributed by atoms with E-state index in [0.717, 1.165) is 5.00 Å². The quantitative estimate of drug-likeness (QED) is 0.755. The van der Waals surface area contributed by atoms with Crippen LogP contribution in [0.3, 0.4) is 0 Å². The minimum atomic E-state index is -0.222. The van der Waals surface area contributed by atoms with E-state index < -0.39 is 0 Å². The van der Waals surface area contributed by atoms with Crippen molar-refractivity contribution < 1.29 is 9.90 Å². The number of nitrogens with zero attached hydrogens (tertiary/aromatic N) is 2. The number of aromatic nitrogens is 2. The molecule has 0 aliphatic carbocycles. The Bertz CT molecular complexity index is 515. The van der Waals surface area contributed by atoms with E-state index in [1.807, 2.05) is 0 Å². The number of pyridine rings is 1. The molecule has 18 heavy (non-hydrogen) atoms. The first-order valence-corrected chi connectivity index (χ1v) is 6.13. The molecule has 1 amide bonds. The van der Waals surface area contributed by atoms with Crippen molar-refractivity contribution in [3.63, 3.8) is 0 Å². The van der Waals surface area contributed by atoms with Gasteiger partial charge in [0.15, 0.2) is 5.13 Å². The Morgan fingerprint density at radius 3 is 2.89 bits per heavy atom. The fraction of sp³-hybridized carbons (Fsp3) is 0.182. The molecule has 0 aromatic carbocycles. The fourth-order valence-electron chi connectivity index (χ4n) is 1.27. The maximum atomic E-state index is 11.8. The Kier molecular flexibility index (Phi) is 4.21. The first-order chi connectivity index (χ1) is 8.79. The summed E-state index contributed by atoms with van der Waals surface area (Å²) in [6.45, 7) is 0.510. The lowest BCUT2D eigenvalue weighted by Gasteiger charge is -2.00. The highest BCUT2D eigenvalue weighted by Gasteiger charge is 2.08. The third-order valence-corrected chi connectivity index (χ3v) is 2.95. The van der Waals surface area contributed by atoms with Gasteiger partial charge in [0.25, 0.3) is 5.91 Å². The van der Waals surface area contributed by atoms with Crippen molar-refractivity contribution in [2.45, 2.75) is 0 Å². The maximum Gasteiger partial charge on any atom is 0.257 e. The van der Waals surface area contributed by atoms with Crippen molar-refractivity contribution in [3.05, 3.63) is 36.3 Å². The Morgan fingerprint density at radius 1 is 1.39 bits per heavy atom. The third kappa shape index (κ3) is 3.25. The van der Waals surface area contributed by atoms with Gasteiger partial charge < -0.3 is 10.4 Å². The van der Waals surface area contributed by atoms with Crippen LogP contribution in [0.4, 0.5) is 10.1 Å². The monoisotopic (exact) mass is 264 g/mol. The van der Waals surface area contributed by atoms with Crippen LogP contribution in [0.5, 0.6) is 0 Å². The topological polar surface area (TPSA) is 87.1 Å². The van der Waals surface area contributed by atoms with Gasteiger partial charge in [-0.2, -0.15) is 0 Å². The first kappa shape index (κ1) is 12.5. The minimum absolute atomic E-state index is 0.0522. The molecule has 3 N–H and O–H groups in total. The summed E-state index contributed by atoms with van der Waals surface area (Å²) in [4.78, 5) is 19.7. The number of aliphatic hydroxyl groups is 1. The second-order valence-electron chi connectivity index (χ2n) is 3.37. The van der Waals surface area contributed by atoms with Gasteiger partial charge in [-0.1, -0.05) is 11.3 Å². The predicted octanol–water partition coefficient (Wildman–Crippen LogP) is 1.19. The number of hydrogen-bond acceptors (Lipinski definition) is 6. The van der Waals surface area contributed by atoms with Gasteiger partial charge in [0.2, 0.25) is 0 Å². The van der Waals surface area contributed by atoms with E-state index in [1.54, 1.807) is 30.7 Å². The zero-order valence-corrected chi connectivity index (χ0v) is 10.3. The van der Waals surface area contributed by atoms with E-state index in [0.29, 0.717) is 17.2 Å². The van der Waals surface area contributed by atoms with Crippen LogP contribution >= 0.6 is 11.3 Å². The smallest absolute Gasteiger partial charge is 0.257 e. The van der Waals surface area contributed by atoms with E-state index in [2.05, 4.69) is 20.6 Å². The molecular weight excluding hydrogens is 252 g/mol. The molecule has 94 valence electrons. The Morgan fingerprint density at radius 2 is 2.17 bits per heavy atom. The number of anilines is 2. The van der Waals surface area contributed by atoms with Crippen LogP contribution in [-0.4, -0.2) is 34.1 Å². The molecule has 0 fully saturated rings. The molecule has 0 bridgehead atoms. The van der Waals surface area contributed by atoms with Crippen molar-refractivity contribution in [1.29, 1.82) is 0 Å². The highest BCUT2D eigenvalue weighted by molar-refractivity contribution is 7.19. The van der Waals surface area contributed by atoms with Gasteiger partial charge in [-0.05, 0) is 12.1 Å². The van der Waals surface area contributed by atoms with Crippen LogP contribution in [0.2, 0.25) is 0 Å². The highest BCUT2D eigenvalue weighted by Crippen LogP contribution is 2.23. The largest absolute Gasteiger partial charge is 0.395 e. The van der Waals surface area contributed by atoms with Crippen LogP contribution in [0.25, 0.3) is 0 Å². The van der Waals surface area contributed by atoms with Gasteiger partial charge in [0, 0.05) is 24.5 Å². The minimum Gasteiger partial charge on any atom is -0.395 e. The molecule has 6 nitrogen and oxygen atoms in total. The lowest BCUT2D eigenvalue weighted by molar-refractivity contribution is 0.102. The molecule has 2 aromatic heterocycles. The Hall–Kier alpha value is -1.99. The number of carbonyl (C=O) groups excluding carboxylic acids is 1. The van der Waals surface area contributed by atoms with Crippen molar-refractivity contribution in [2.75, 3.05) is 23.8 Å². The summed E-state index contributed by atoms with van der Waals surface area (Å²) in [5.41, 5.74) is 0.532. The van der Waals surface area contributed by atoms with Crippen molar-refractivity contribution in [1.82, 2.24) is 9.97 Å². The molecule has 2 rings (SSSR count). The fourth-order valence-corrected chi connectivity index (χ4v) is 2.00. The molecule has 0 saturated carbocycles. The molecule has 2 aromatic rings. The standard InChI is InChI=1S/C11H12N4O2S/c16-6-5-13-9-7-14-11(18-9)15-10(17)8-1-3-12-4-2-8/h1-4,7,13,16H,5-6H2,(H,14,15,17). The number of rotatable bonds is 5. The van der Waals surface area contributed by atoms with Crippen molar-refractivity contribution >= 4 is 27.4 Å². The molecule has 0 saturated heterocycles. The summed E-state index contributed by atoms with van der Waals surface area (Å²) in [5, 5.41) is 15.7. The number of hydrogen-bond donors (Lipinski definition) is 3. The Balaban J connectivity index is 1.97. The second kappa shape index (κ2) is 6.08. The SMILES string of the molecule is O=C(Nc1ncc(NCCO)s1)c1ccncc1. The van der Waals surface area contributed by atoms with Gasteiger partial charge in [-0.15, -0.1) is 0 Å². The maximum absolute atomic E-state index is 11.8. The van der Waals surface area contributed by atoms with Crippen LogP contribution in [0, 0.1) is 0 Å². The summed E-state index contributed by atoms with van der Waals surface area (Å²) in [6.07, 6.45) is 4.73. The van der Waals surface area contributed by atoms with Crippen molar-refractivity contribution in [2.24, 2.45) is 0 Å². The zero-order chi connectivity index (χ0) is 12.8. The van der Waals surface area contributed by atoms with Gasteiger partial charge >= 0.3 is 0 Å². The summed E-state index contributed by atoms with van der Waals surface area (Å²) in [7, 11) is 0. The number of carbonyl (C=O) groups is 1. The van der Waals surface area contributed by atoms with E-state index >= 15 is 0 Å². The number of thiazole rings is 1. The average molecular weight is 264 g/mol. The summed E-state index contributed by atoms with van der Waals surface area (Å²) in [5.74, 6) is -0.222. The summed E-state index contributed by atoms with van der Waals surface area (Å²) >= 11 is 1.31. The third-order valence-electron chi connectivity index (χ3n) is 2.08. The predicted molar refractivity (Wildman–Crippen MR) is 69.9 cm³/mol. The normalized spacial score (nSPS) is 10.1. The molecule has 0 aliphatic rings. The molecule has 0 unspecified atom stereocenters. The lowest BCUT2D eigenvalue weighted by atomic mass is 10.2. The lowest BCUT2D eigenvalue weighted by Crippen LogP contribution is -2.11. The highest BCUT2D eigenvalue weighted by atomic mass is 32.1. The van der Waals surface area contributed by atoms with Gasteiger partial charge in [-0.25, -0.2) is 4.98 Å². The second-order valence-corrected chi connectivity index (χ2v) is 4.40. The van der Waals surface area contributed by atoms with E-state index in [9.17, 15) is 4.79 Å². The van der Waals surface area contributed by atoms with Crippen LogP contribution < -0.4 is 10.6 Å². The Labute approximate surface area is 108 Å². The van der Waals surface area contributed by atoms with Crippen molar-refractivity contribution in [3.8, 4) is 0 Å². The number of nitrogens with one attached hydrogen (secondary N) is 2. The van der Waals surface area contributed by atoms with E-state index in [-0.39, 0.29) is 12.5 Å². The van der Waals surface area contributed by atoms with E-state index in [4.69, 9.17) is 5.11 Å². The van der Waals surface area contributed by atoms with Crippen LogP contribution in [0.1, 0.15) is 10.4 Å². The molecule has 0 radical (unpaired) electrons. The van der Waals surface area contributed by atoms with Crippen LogP contribution in [-0.2, 0) is 0 Å². The molecule has 2 heterocycles.